The van der Waals surface area contributed by atoms with Crippen molar-refractivity contribution in [1.82, 2.24) is 0 Å². The van der Waals surface area contributed by atoms with Crippen LogP contribution in [0.5, 0.6) is 0 Å². The number of carboxylic acid groups (broad SMARTS) is 1. The van der Waals surface area contributed by atoms with Crippen LogP contribution in [-0.4, -0.2) is 33.9 Å². The number of nitrogens with two attached hydrogens (primary N) is 1. The minimum absolute atomic E-state index is 0.0297. The molecule has 0 bridgehead atoms. The van der Waals surface area contributed by atoms with Gasteiger partial charge in [0.25, 0.3) is 0 Å². The summed E-state index contributed by atoms with van der Waals surface area (Å²) >= 11 is 1.12. The molecule has 1 fully saturated rings. The maximum Gasteiger partial charge on any atom is 0.337 e. The number of thioether (sulfide) groups is 1. The number of carbonyl (C=O) groups is 3. The Morgan fingerprint density at radius 3 is 2.75 bits per heavy atom. The van der Waals surface area contributed by atoms with Crippen molar-refractivity contribution in [2.75, 3.05) is 17.2 Å². The first-order valence-corrected chi connectivity index (χ1v) is 6.87. The van der Waals surface area contributed by atoms with Gasteiger partial charge in [0.2, 0.25) is 5.91 Å². The number of aromatic carboxylic acids is 1. The molecule has 1 amide bonds. The highest BCUT2D eigenvalue weighted by atomic mass is 32.2. The number of hydrogen-bond acceptors (Lipinski definition) is 5. The summed E-state index contributed by atoms with van der Waals surface area (Å²) in [6.07, 6.45) is 0.251. The van der Waals surface area contributed by atoms with E-state index >= 15 is 0 Å². The maximum absolute atomic E-state index is 12.0. The van der Waals surface area contributed by atoms with E-state index < -0.39 is 5.97 Å². The van der Waals surface area contributed by atoms with Crippen molar-refractivity contribution in [3.05, 3.63) is 23.8 Å². The lowest BCUT2D eigenvalue weighted by Gasteiger charge is -2.19. The summed E-state index contributed by atoms with van der Waals surface area (Å²) in [7, 11) is 0. The summed E-state index contributed by atoms with van der Waals surface area (Å²) in [4.78, 5) is 35.6. The summed E-state index contributed by atoms with van der Waals surface area (Å²) in [5.41, 5.74) is 6.26. The average molecular weight is 294 g/mol. The monoisotopic (exact) mass is 294 g/mol. The molecule has 3 N–H and O–H groups in total. The Kier molecular flexibility index (Phi) is 3.99. The van der Waals surface area contributed by atoms with Crippen molar-refractivity contribution >= 4 is 40.1 Å². The molecule has 1 heterocycles. The molecule has 1 saturated heterocycles. The molecule has 0 radical (unpaired) electrons. The Balaban J connectivity index is 2.28. The maximum atomic E-state index is 12.0. The van der Waals surface area contributed by atoms with Crippen LogP contribution < -0.4 is 10.6 Å². The van der Waals surface area contributed by atoms with Gasteiger partial charge in [-0.3, -0.25) is 9.59 Å². The molecule has 0 spiro atoms. The number of carbonyl (C=O) groups excluding carboxylic acids is 2. The third kappa shape index (κ3) is 2.77. The van der Waals surface area contributed by atoms with E-state index in [-0.39, 0.29) is 33.9 Å². The van der Waals surface area contributed by atoms with Gasteiger partial charge in [0.15, 0.2) is 5.12 Å². The molecular formula is C13H14N2O4S. The van der Waals surface area contributed by atoms with Crippen molar-refractivity contribution in [1.29, 1.82) is 0 Å². The molecule has 1 aliphatic heterocycles. The van der Waals surface area contributed by atoms with Gasteiger partial charge in [-0.2, -0.15) is 0 Å². The summed E-state index contributed by atoms with van der Waals surface area (Å²) in [6.45, 7) is 1.81. The van der Waals surface area contributed by atoms with E-state index in [0.29, 0.717) is 12.2 Å². The van der Waals surface area contributed by atoms with Gasteiger partial charge in [-0.1, -0.05) is 17.8 Å². The van der Waals surface area contributed by atoms with Crippen LogP contribution in [0, 0.1) is 0 Å². The van der Waals surface area contributed by atoms with E-state index in [1.165, 1.54) is 17.9 Å². The van der Waals surface area contributed by atoms with E-state index in [1.807, 2.05) is 0 Å². The molecule has 106 valence electrons. The van der Waals surface area contributed by atoms with Gasteiger partial charge in [-0.15, -0.1) is 0 Å². The zero-order chi connectivity index (χ0) is 14.9. The van der Waals surface area contributed by atoms with Crippen LogP contribution in [0.25, 0.3) is 0 Å². The Morgan fingerprint density at radius 1 is 1.45 bits per heavy atom. The van der Waals surface area contributed by atoms with Gasteiger partial charge < -0.3 is 15.7 Å². The lowest BCUT2D eigenvalue weighted by Crippen LogP contribution is -2.26. The van der Waals surface area contributed by atoms with Crippen LogP contribution in [-0.2, 0) is 9.59 Å². The van der Waals surface area contributed by atoms with Crippen LogP contribution in [0.4, 0.5) is 11.4 Å². The summed E-state index contributed by atoms with van der Waals surface area (Å²) in [6, 6.07) is 4.55. The Bertz CT molecular complexity index is 588. The first-order valence-electron chi connectivity index (χ1n) is 5.99. The first-order chi connectivity index (χ1) is 9.40. The number of nitrogens with zero attached hydrogens (tertiary/aromatic N) is 1. The third-order valence-electron chi connectivity index (χ3n) is 3.03. The van der Waals surface area contributed by atoms with Gasteiger partial charge in [0.1, 0.15) is 0 Å². The van der Waals surface area contributed by atoms with E-state index in [9.17, 15) is 14.4 Å². The quantitative estimate of drug-likeness (QED) is 0.816. The number of rotatable bonds is 3. The molecular weight excluding hydrogens is 280 g/mol. The molecule has 0 aromatic heterocycles. The summed E-state index contributed by atoms with van der Waals surface area (Å²) in [5.74, 6) is -1.29. The second-order valence-corrected chi connectivity index (χ2v) is 5.96. The van der Waals surface area contributed by atoms with E-state index in [0.717, 1.165) is 11.8 Å². The molecule has 7 heteroatoms. The van der Waals surface area contributed by atoms with Crippen LogP contribution in [0.2, 0.25) is 0 Å². The van der Waals surface area contributed by atoms with Crippen LogP contribution in [0.3, 0.4) is 0 Å². The van der Waals surface area contributed by atoms with Crippen LogP contribution in [0.1, 0.15) is 23.7 Å². The number of nitrogen functional groups attached to an aromatic ring is 1. The normalized spacial score (nSPS) is 18.4. The minimum Gasteiger partial charge on any atom is -0.478 e. The van der Waals surface area contributed by atoms with Crippen LogP contribution in [0.15, 0.2) is 18.2 Å². The molecule has 1 aromatic carbocycles. The third-order valence-corrected chi connectivity index (χ3v) is 4.01. The molecule has 1 unspecified atom stereocenters. The largest absolute Gasteiger partial charge is 0.478 e. The number of carboxylic acids is 1. The molecule has 0 saturated carbocycles. The summed E-state index contributed by atoms with van der Waals surface area (Å²) in [5, 5.41) is 8.88. The number of anilines is 2. The number of para-hydroxylation sites is 1. The van der Waals surface area contributed by atoms with Crippen molar-refractivity contribution < 1.29 is 19.5 Å². The van der Waals surface area contributed by atoms with E-state index in [1.54, 1.807) is 12.1 Å². The fourth-order valence-corrected chi connectivity index (χ4v) is 3.12. The molecule has 1 aromatic rings. The first kappa shape index (κ1) is 14.4. The van der Waals surface area contributed by atoms with Crippen molar-refractivity contribution in [3.63, 3.8) is 0 Å². The highest BCUT2D eigenvalue weighted by Gasteiger charge is 2.33. The zero-order valence-corrected chi connectivity index (χ0v) is 11.6. The average Bonchev–Trinajstić information content (AvgIpc) is 2.69. The topological polar surface area (TPSA) is 101 Å². The van der Waals surface area contributed by atoms with Crippen molar-refractivity contribution in [3.8, 4) is 0 Å². The fraction of sp³-hybridized carbons (Fsp3) is 0.308. The van der Waals surface area contributed by atoms with E-state index in [2.05, 4.69) is 0 Å². The standard InChI is InChI=1S/C13H14N2O4S/c1-7(16)20-8-5-11(17)15(6-8)10-4-2-3-9(12(10)14)13(18)19/h2-4,8H,5-6,14H2,1H3,(H,18,19). The van der Waals surface area contributed by atoms with Gasteiger partial charge in [0.05, 0.1) is 16.9 Å². The Hall–Kier alpha value is -2.02. The van der Waals surface area contributed by atoms with Gasteiger partial charge in [0, 0.05) is 25.1 Å². The predicted molar refractivity (Wildman–Crippen MR) is 76.8 cm³/mol. The molecule has 1 aliphatic rings. The Labute approximate surface area is 119 Å². The molecule has 20 heavy (non-hydrogen) atoms. The lowest BCUT2D eigenvalue weighted by atomic mass is 10.1. The minimum atomic E-state index is -1.13. The van der Waals surface area contributed by atoms with Gasteiger partial charge in [-0.25, -0.2) is 4.79 Å². The SMILES string of the molecule is CC(=O)SC1CC(=O)N(c2cccc(C(=O)O)c2N)C1. The fourth-order valence-electron chi connectivity index (χ4n) is 2.20. The van der Waals surface area contributed by atoms with Gasteiger partial charge >= 0.3 is 5.97 Å². The van der Waals surface area contributed by atoms with Crippen molar-refractivity contribution in [2.24, 2.45) is 0 Å². The molecule has 0 aliphatic carbocycles. The predicted octanol–water partition coefficient (Wildman–Crippen LogP) is 1.35. The molecule has 6 nitrogen and oxygen atoms in total. The molecule has 2 rings (SSSR count). The Morgan fingerprint density at radius 2 is 2.15 bits per heavy atom. The lowest BCUT2D eigenvalue weighted by molar-refractivity contribution is -0.117. The van der Waals surface area contributed by atoms with Crippen molar-refractivity contribution in [2.45, 2.75) is 18.6 Å². The second kappa shape index (κ2) is 5.54. The number of benzene rings is 1. The highest BCUT2D eigenvalue weighted by Crippen LogP contribution is 2.33. The van der Waals surface area contributed by atoms with Crippen LogP contribution >= 0.6 is 11.8 Å². The van der Waals surface area contributed by atoms with Gasteiger partial charge in [-0.05, 0) is 12.1 Å². The number of amides is 1. The summed E-state index contributed by atoms with van der Waals surface area (Å²) < 4.78 is 0. The zero-order valence-electron chi connectivity index (χ0n) is 10.8. The molecule has 1 atom stereocenters. The van der Waals surface area contributed by atoms with E-state index in [4.69, 9.17) is 10.8 Å². The second-order valence-electron chi connectivity index (χ2n) is 4.48. The number of hydrogen-bond donors (Lipinski definition) is 2. The highest BCUT2D eigenvalue weighted by molar-refractivity contribution is 8.14. The smallest absolute Gasteiger partial charge is 0.337 e.